The number of H-pyrrole nitrogens is 1. The number of aromatic nitrogens is 5. The topological polar surface area (TPSA) is 70.9 Å². The molecule has 4 aromatic rings. The van der Waals surface area contributed by atoms with Crippen molar-refractivity contribution in [1.29, 1.82) is 0 Å². The van der Waals surface area contributed by atoms with E-state index in [4.69, 9.17) is 0 Å². The first-order chi connectivity index (χ1) is 11.4. The third-order valence-corrected chi connectivity index (χ3v) is 4.28. The first-order valence-electron chi connectivity index (χ1n) is 7.90. The van der Waals surface area contributed by atoms with Crippen molar-refractivity contribution < 1.29 is 0 Å². The Kier molecular flexibility index (Phi) is 2.64. The van der Waals surface area contributed by atoms with Crippen molar-refractivity contribution in [3.63, 3.8) is 0 Å². The zero-order chi connectivity index (χ0) is 15.2. The molecule has 1 fully saturated rings. The second kappa shape index (κ2) is 4.81. The van der Waals surface area contributed by atoms with E-state index in [2.05, 4.69) is 43.8 Å². The van der Waals surface area contributed by atoms with E-state index >= 15 is 0 Å². The summed E-state index contributed by atoms with van der Waals surface area (Å²) in [5.74, 6) is 2.34. The fourth-order valence-electron chi connectivity index (χ4n) is 2.91. The van der Waals surface area contributed by atoms with Crippen molar-refractivity contribution in [2.24, 2.45) is 0 Å². The van der Waals surface area contributed by atoms with E-state index in [0.29, 0.717) is 12.5 Å². The maximum absolute atomic E-state index is 4.63. The van der Waals surface area contributed by atoms with Gasteiger partial charge in [0.15, 0.2) is 11.5 Å². The molecular formula is C17H16N6. The van der Waals surface area contributed by atoms with Crippen molar-refractivity contribution in [3.05, 3.63) is 54.0 Å². The summed E-state index contributed by atoms with van der Waals surface area (Å²) in [5, 5.41) is 17.7. The molecule has 3 aromatic heterocycles. The number of benzene rings is 1. The quantitative estimate of drug-likeness (QED) is 0.608. The third kappa shape index (κ3) is 2.23. The monoisotopic (exact) mass is 304 g/mol. The Morgan fingerprint density at radius 1 is 1.13 bits per heavy atom. The van der Waals surface area contributed by atoms with E-state index in [1.807, 2.05) is 28.8 Å². The zero-order valence-electron chi connectivity index (χ0n) is 12.5. The predicted octanol–water partition coefficient (Wildman–Crippen LogP) is 3.10. The van der Waals surface area contributed by atoms with Crippen LogP contribution in [0.4, 0.5) is 5.82 Å². The van der Waals surface area contributed by atoms with Gasteiger partial charge in [0.25, 0.3) is 0 Å². The van der Waals surface area contributed by atoms with Crippen LogP contribution in [0.3, 0.4) is 0 Å². The molecular weight excluding hydrogens is 288 g/mol. The van der Waals surface area contributed by atoms with Gasteiger partial charge in [-0.1, -0.05) is 18.2 Å². The van der Waals surface area contributed by atoms with Crippen LogP contribution in [0.25, 0.3) is 16.6 Å². The fraction of sp³-hybridized carbons (Fsp3) is 0.235. The largest absolute Gasteiger partial charge is 0.363 e. The highest BCUT2D eigenvalue weighted by atomic mass is 15.4. The number of para-hydroxylation sites is 1. The Bertz CT molecular complexity index is 962. The molecule has 0 aliphatic heterocycles. The average molecular weight is 304 g/mol. The summed E-state index contributed by atoms with van der Waals surface area (Å²) < 4.78 is 1.87. The van der Waals surface area contributed by atoms with Crippen LogP contribution in [0.2, 0.25) is 0 Å². The van der Waals surface area contributed by atoms with Crippen molar-refractivity contribution in [2.75, 3.05) is 5.32 Å². The van der Waals surface area contributed by atoms with Gasteiger partial charge in [-0.2, -0.15) is 4.52 Å². The van der Waals surface area contributed by atoms with E-state index in [1.54, 1.807) is 0 Å². The molecule has 114 valence electrons. The highest BCUT2D eigenvalue weighted by molar-refractivity contribution is 5.80. The summed E-state index contributed by atoms with van der Waals surface area (Å²) in [6.07, 6.45) is 2.38. The molecule has 1 saturated carbocycles. The lowest BCUT2D eigenvalue weighted by atomic mass is 10.2. The second-order valence-electron chi connectivity index (χ2n) is 6.06. The molecule has 0 radical (unpaired) electrons. The minimum Gasteiger partial charge on any atom is -0.363 e. The fourth-order valence-corrected chi connectivity index (χ4v) is 2.91. The number of nitrogens with zero attached hydrogens (tertiary/aromatic N) is 4. The third-order valence-electron chi connectivity index (χ3n) is 4.28. The molecule has 2 N–H and O–H groups in total. The molecule has 0 spiro atoms. The number of fused-ring (bicyclic) bond motifs is 2. The SMILES string of the molecule is c1ccc2[nH]c(CNc3ccc4nnc(C5CC5)n4n3)cc2c1. The maximum Gasteiger partial charge on any atom is 0.178 e. The summed E-state index contributed by atoms with van der Waals surface area (Å²) in [5.41, 5.74) is 3.10. The van der Waals surface area contributed by atoms with Gasteiger partial charge in [0.1, 0.15) is 5.82 Å². The van der Waals surface area contributed by atoms with Crippen LogP contribution in [-0.2, 0) is 6.54 Å². The Balaban J connectivity index is 1.41. The van der Waals surface area contributed by atoms with Crippen LogP contribution in [-0.4, -0.2) is 24.8 Å². The van der Waals surface area contributed by atoms with Crippen molar-refractivity contribution in [3.8, 4) is 0 Å². The molecule has 23 heavy (non-hydrogen) atoms. The number of anilines is 1. The van der Waals surface area contributed by atoms with E-state index in [9.17, 15) is 0 Å². The molecule has 1 aromatic carbocycles. The van der Waals surface area contributed by atoms with Crippen LogP contribution in [0, 0.1) is 0 Å². The molecule has 5 rings (SSSR count). The van der Waals surface area contributed by atoms with E-state index in [1.165, 1.54) is 18.2 Å². The molecule has 0 unspecified atom stereocenters. The Morgan fingerprint density at radius 2 is 2.04 bits per heavy atom. The Hall–Kier alpha value is -2.89. The molecule has 1 aliphatic carbocycles. The lowest BCUT2D eigenvalue weighted by Crippen LogP contribution is -2.05. The van der Waals surface area contributed by atoms with Crippen LogP contribution >= 0.6 is 0 Å². The van der Waals surface area contributed by atoms with Crippen LogP contribution in [0.1, 0.15) is 30.3 Å². The van der Waals surface area contributed by atoms with Gasteiger partial charge in [0, 0.05) is 17.1 Å². The molecule has 0 bridgehead atoms. The number of nitrogens with one attached hydrogen (secondary N) is 2. The second-order valence-corrected chi connectivity index (χ2v) is 6.06. The van der Waals surface area contributed by atoms with Crippen LogP contribution in [0.15, 0.2) is 42.5 Å². The summed E-state index contributed by atoms with van der Waals surface area (Å²) >= 11 is 0. The van der Waals surface area contributed by atoms with Crippen LogP contribution < -0.4 is 5.32 Å². The molecule has 3 heterocycles. The zero-order valence-corrected chi connectivity index (χ0v) is 12.5. The van der Waals surface area contributed by atoms with E-state index in [0.717, 1.165) is 28.5 Å². The Labute approximate surface area is 132 Å². The molecule has 1 aliphatic rings. The summed E-state index contributed by atoms with van der Waals surface area (Å²) in [6.45, 7) is 0.702. The van der Waals surface area contributed by atoms with Gasteiger partial charge in [-0.3, -0.25) is 0 Å². The summed E-state index contributed by atoms with van der Waals surface area (Å²) in [6, 6.07) is 14.4. The smallest absolute Gasteiger partial charge is 0.178 e. The van der Waals surface area contributed by atoms with Gasteiger partial charge in [-0.25, -0.2) is 0 Å². The van der Waals surface area contributed by atoms with Gasteiger partial charge in [-0.05, 0) is 42.5 Å². The number of hydrogen-bond acceptors (Lipinski definition) is 4. The lowest BCUT2D eigenvalue weighted by Gasteiger charge is -2.05. The van der Waals surface area contributed by atoms with Gasteiger partial charge in [-0.15, -0.1) is 15.3 Å². The highest BCUT2D eigenvalue weighted by Gasteiger charge is 2.29. The lowest BCUT2D eigenvalue weighted by molar-refractivity contribution is 0.813. The number of rotatable bonds is 4. The van der Waals surface area contributed by atoms with Gasteiger partial charge in [0.2, 0.25) is 0 Å². The first kappa shape index (κ1) is 12.6. The summed E-state index contributed by atoms with van der Waals surface area (Å²) in [7, 11) is 0. The van der Waals surface area contributed by atoms with Gasteiger partial charge < -0.3 is 10.3 Å². The van der Waals surface area contributed by atoms with E-state index < -0.39 is 0 Å². The van der Waals surface area contributed by atoms with Crippen molar-refractivity contribution in [1.82, 2.24) is 24.8 Å². The standard InChI is InChI=1S/C17H16N6/c1-2-4-14-12(3-1)9-13(19-14)10-18-15-7-8-16-20-21-17(11-5-6-11)23(16)22-15/h1-4,7-9,11,19H,5-6,10H2,(H,18,22). The van der Waals surface area contributed by atoms with E-state index in [-0.39, 0.29) is 0 Å². The minimum absolute atomic E-state index is 0.529. The molecule has 0 saturated heterocycles. The van der Waals surface area contributed by atoms with Gasteiger partial charge >= 0.3 is 0 Å². The average Bonchev–Trinajstić information content (AvgIpc) is 3.20. The molecule has 6 nitrogen and oxygen atoms in total. The highest BCUT2D eigenvalue weighted by Crippen LogP contribution is 2.38. The number of hydrogen-bond donors (Lipinski definition) is 2. The van der Waals surface area contributed by atoms with Gasteiger partial charge in [0.05, 0.1) is 6.54 Å². The van der Waals surface area contributed by atoms with Crippen molar-refractivity contribution >= 4 is 22.4 Å². The first-order valence-corrected chi connectivity index (χ1v) is 7.90. The van der Waals surface area contributed by atoms with Crippen molar-refractivity contribution in [2.45, 2.75) is 25.3 Å². The molecule has 0 amide bonds. The minimum atomic E-state index is 0.529. The number of aromatic amines is 1. The molecule has 6 heteroatoms. The molecule has 0 atom stereocenters. The Morgan fingerprint density at radius 3 is 2.91 bits per heavy atom. The van der Waals surface area contributed by atoms with Crippen LogP contribution in [0.5, 0.6) is 0 Å². The normalized spacial score (nSPS) is 14.6. The summed E-state index contributed by atoms with van der Waals surface area (Å²) in [4.78, 5) is 3.42. The predicted molar refractivity (Wildman–Crippen MR) is 88.4 cm³/mol. The maximum atomic E-state index is 4.63.